The molecule has 4 rings (SSSR count). The van der Waals surface area contributed by atoms with Crippen LogP contribution in [-0.2, 0) is 20.4 Å². The van der Waals surface area contributed by atoms with Crippen LogP contribution in [0.2, 0.25) is 0 Å². The van der Waals surface area contributed by atoms with E-state index >= 15 is 0 Å². The Morgan fingerprint density at radius 2 is 1.30 bits per heavy atom. The molecule has 0 atom stereocenters. The van der Waals surface area contributed by atoms with E-state index in [0.717, 1.165) is 25.7 Å². The van der Waals surface area contributed by atoms with Crippen LogP contribution in [0.4, 0.5) is 0 Å². The molecule has 3 aromatic rings. The molecule has 0 N–H and O–H groups in total. The number of carbonyl (C=O) groups is 1. The van der Waals surface area contributed by atoms with E-state index < -0.39 is 0 Å². The summed E-state index contributed by atoms with van der Waals surface area (Å²) in [5.41, 5.74) is -0.315. The van der Waals surface area contributed by atoms with E-state index in [2.05, 4.69) is 60.7 Å². The fraction of sp³-hybridized carbons (Fsp3) is 0.269. The van der Waals surface area contributed by atoms with Gasteiger partial charge in [-0.25, -0.2) is 4.79 Å². The monoisotopic (exact) mass is 419 g/mol. The predicted octanol–water partition coefficient (Wildman–Crippen LogP) is 6.04. The summed E-state index contributed by atoms with van der Waals surface area (Å²) in [6, 6.07) is 29.1. The van der Waals surface area contributed by atoms with Gasteiger partial charge < -0.3 is 9.47 Å². The topological polar surface area (TPSA) is 35.5 Å². The lowest BCUT2D eigenvalue weighted by Crippen LogP contribution is -2.30. The molecule has 3 nitrogen and oxygen atoms in total. The molecular weight excluding hydrogens is 392 g/mol. The number of benzene rings is 3. The third-order valence-electron chi connectivity index (χ3n) is 5.40. The SMILES string of the molecule is CC1(OC(=O)COc2ccc([S+](c3ccccc3)c3ccccc3)cc2)CCCC1. The lowest BCUT2D eigenvalue weighted by molar-refractivity contribution is -0.159. The Morgan fingerprint density at radius 1 is 0.800 bits per heavy atom. The molecule has 0 radical (unpaired) electrons. The summed E-state index contributed by atoms with van der Waals surface area (Å²) < 4.78 is 11.3. The fourth-order valence-corrected chi connectivity index (χ4v) is 5.95. The molecule has 30 heavy (non-hydrogen) atoms. The third kappa shape index (κ3) is 5.06. The van der Waals surface area contributed by atoms with E-state index in [0.29, 0.717) is 5.75 Å². The molecule has 0 spiro atoms. The van der Waals surface area contributed by atoms with Crippen LogP contribution in [0.15, 0.2) is 99.6 Å². The smallest absolute Gasteiger partial charge is 0.344 e. The Kier molecular flexibility index (Phi) is 6.44. The number of rotatable bonds is 7. The summed E-state index contributed by atoms with van der Waals surface area (Å²) in [7, 11) is -0.192. The van der Waals surface area contributed by atoms with Gasteiger partial charge in [0.2, 0.25) is 0 Å². The molecule has 0 aromatic heterocycles. The zero-order valence-corrected chi connectivity index (χ0v) is 18.1. The van der Waals surface area contributed by atoms with Crippen molar-refractivity contribution in [2.75, 3.05) is 6.61 Å². The lowest BCUT2D eigenvalue weighted by Gasteiger charge is -2.23. The van der Waals surface area contributed by atoms with E-state index in [9.17, 15) is 4.79 Å². The second-order valence-corrected chi connectivity index (χ2v) is 9.85. The normalized spacial score (nSPS) is 15.1. The van der Waals surface area contributed by atoms with Gasteiger partial charge in [0.05, 0.1) is 10.9 Å². The molecule has 0 saturated heterocycles. The molecule has 1 fully saturated rings. The molecule has 1 aliphatic carbocycles. The highest BCUT2D eigenvalue weighted by molar-refractivity contribution is 7.97. The van der Waals surface area contributed by atoms with E-state index in [1.807, 2.05) is 31.2 Å². The number of esters is 1. The highest BCUT2D eigenvalue weighted by atomic mass is 32.2. The molecule has 0 amide bonds. The Balaban J connectivity index is 1.45. The van der Waals surface area contributed by atoms with Gasteiger partial charge in [0.1, 0.15) is 11.4 Å². The van der Waals surface area contributed by atoms with Gasteiger partial charge in [-0.1, -0.05) is 36.4 Å². The molecular formula is C26H27O3S+. The Labute approximate surface area is 181 Å². The van der Waals surface area contributed by atoms with E-state index in [-0.39, 0.29) is 29.1 Å². The van der Waals surface area contributed by atoms with Crippen molar-refractivity contribution in [3.8, 4) is 5.75 Å². The highest BCUT2D eigenvalue weighted by Gasteiger charge is 2.32. The lowest BCUT2D eigenvalue weighted by atomic mass is 10.1. The average molecular weight is 420 g/mol. The number of hydrogen-bond donors (Lipinski definition) is 0. The molecule has 0 bridgehead atoms. The van der Waals surface area contributed by atoms with Crippen molar-refractivity contribution < 1.29 is 14.3 Å². The molecule has 0 unspecified atom stereocenters. The van der Waals surface area contributed by atoms with Crippen molar-refractivity contribution in [3.63, 3.8) is 0 Å². The first kappa shape index (κ1) is 20.5. The highest BCUT2D eigenvalue weighted by Crippen LogP contribution is 2.33. The van der Waals surface area contributed by atoms with Gasteiger partial charge in [-0.15, -0.1) is 0 Å². The second kappa shape index (κ2) is 9.40. The Bertz CT molecular complexity index is 909. The number of hydrogen-bond acceptors (Lipinski definition) is 3. The first-order chi connectivity index (χ1) is 14.6. The van der Waals surface area contributed by atoms with Crippen LogP contribution in [0.25, 0.3) is 0 Å². The van der Waals surface area contributed by atoms with Crippen LogP contribution in [0, 0.1) is 0 Å². The fourth-order valence-electron chi connectivity index (χ4n) is 3.86. The summed E-state index contributed by atoms with van der Waals surface area (Å²) in [4.78, 5) is 15.9. The summed E-state index contributed by atoms with van der Waals surface area (Å²) in [6.07, 6.45) is 4.12. The molecule has 1 saturated carbocycles. The zero-order chi connectivity index (χ0) is 20.8. The quantitative estimate of drug-likeness (QED) is 0.346. The van der Waals surface area contributed by atoms with Crippen LogP contribution in [0.5, 0.6) is 5.75 Å². The van der Waals surface area contributed by atoms with Gasteiger partial charge in [0.25, 0.3) is 0 Å². The standard InChI is InChI=1S/C26H27O3S/c1-26(18-8-9-19-26)29-25(27)20-28-21-14-16-24(17-15-21)30(22-10-4-2-5-11-22)23-12-6-3-7-13-23/h2-7,10-17H,8-9,18-20H2,1H3/q+1. The van der Waals surface area contributed by atoms with Crippen LogP contribution in [0.1, 0.15) is 32.6 Å². The summed E-state index contributed by atoms with van der Waals surface area (Å²) in [5, 5.41) is 0. The van der Waals surface area contributed by atoms with Crippen molar-refractivity contribution in [3.05, 3.63) is 84.9 Å². The van der Waals surface area contributed by atoms with Crippen molar-refractivity contribution >= 4 is 16.9 Å². The van der Waals surface area contributed by atoms with Crippen LogP contribution in [0.3, 0.4) is 0 Å². The maximum absolute atomic E-state index is 12.2. The van der Waals surface area contributed by atoms with Crippen molar-refractivity contribution in [2.45, 2.75) is 52.9 Å². The minimum absolute atomic E-state index is 0.0575. The predicted molar refractivity (Wildman–Crippen MR) is 120 cm³/mol. The van der Waals surface area contributed by atoms with Gasteiger partial charge in [-0.05, 0) is 81.1 Å². The van der Waals surface area contributed by atoms with Crippen LogP contribution in [-0.4, -0.2) is 18.2 Å². The minimum Gasteiger partial charge on any atom is -0.482 e. The van der Waals surface area contributed by atoms with Gasteiger partial charge >= 0.3 is 5.97 Å². The van der Waals surface area contributed by atoms with Crippen LogP contribution >= 0.6 is 0 Å². The van der Waals surface area contributed by atoms with E-state index in [1.165, 1.54) is 14.7 Å². The first-order valence-electron chi connectivity index (χ1n) is 10.4. The largest absolute Gasteiger partial charge is 0.482 e. The molecule has 154 valence electrons. The maximum Gasteiger partial charge on any atom is 0.344 e. The number of carbonyl (C=O) groups excluding carboxylic acids is 1. The van der Waals surface area contributed by atoms with Crippen molar-refractivity contribution in [1.82, 2.24) is 0 Å². The molecule has 4 heteroatoms. The molecule has 3 aromatic carbocycles. The zero-order valence-electron chi connectivity index (χ0n) is 17.3. The summed E-state index contributed by atoms with van der Waals surface area (Å²) in [6.45, 7) is 1.96. The first-order valence-corrected chi connectivity index (χ1v) is 11.6. The molecule has 0 heterocycles. The van der Waals surface area contributed by atoms with E-state index in [1.54, 1.807) is 0 Å². The van der Waals surface area contributed by atoms with Gasteiger partial charge in [0.15, 0.2) is 21.3 Å². The van der Waals surface area contributed by atoms with Crippen LogP contribution < -0.4 is 4.74 Å². The molecule has 1 aliphatic rings. The third-order valence-corrected chi connectivity index (χ3v) is 7.63. The summed E-state index contributed by atoms with van der Waals surface area (Å²) >= 11 is 0. The van der Waals surface area contributed by atoms with Gasteiger partial charge in [-0.2, -0.15) is 0 Å². The van der Waals surface area contributed by atoms with Crippen molar-refractivity contribution in [2.24, 2.45) is 0 Å². The number of ether oxygens (including phenoxy) is 2. The average Bonchev–Trinajstić information content (AvgIpc) is 3.21. The van der Waals surface area contributed by atoms with Gasteiger partial charge in [0, 0.05) is 0 Å². The molecule has 0 aliphatic heterocycles. The van der Waals surface area contributed by atoms with Gasteiger partial charge in [-0.3, -0.25) is 0 Å². The van der Waals surface area contributed by atoms with Crippen molar-refractivity contribution in [1.29, 1.82) is 0 Å². The maximum atomic E-state index is 12.2. The minimum atomic E-state index is -0.315. The summed E-state index contributed by atoms with van der Waals surface area (Å²) in [5.74, 6) is 0.383. The Morgan fingerprint density at radius 3 is 1.83 bits per heavy atom. The second-order valence-electron chi connectivity index (χ2n) is 7.82. The van der Waals surface area contributed by atoms with E-state index in [4.69, 9.17) is 9.47 Å². The Hall–Kier alpha value is -2.72.